The van der Waals surface area contributed by atoms with E-state index in [1.165, 1.54) is 11.1 Å². The lowest BCUT2D eigenvalue weighted by Gasteiger charge is -2.48. The molecule has 0 saturated carbocycles. The van der Waals surface area contributed by atoms with Crippen molar-refractivity contribution in [1.82, 2.24) is 14.9 Å². The SMILES string of the molecule is CCOc1ccc(CC(C)N2CCN(N(CC)CC)C(c3ccccc3)C2)cc1. The van der Waals surface area contributed by atoms with Gasteiger partial charge in [-0.05, 0) is 43.5 Å². The maximum Gasteiger partial charge on any atom is 0.119 e. The first-order valence-corrected chi connectivity index (χ1v) is 11.2. The van der Waals surface area contributed by atoms with Crippen LogP contribution in [0.2, 0.25) is 0 Å². The van der Waals surface area contributed by atoms with E-state index in [9.17, 15) is 0 Å². The lowest BCUT2D eigenvalue weighted by Crippen LogP contribution is -2.57. The molecule has 0 aromatic heterocycles. The predicted molar refractivity (Wildman–Crippen MR) is 121 cm³/mol. The van der Waals surface area contributed by atoms with Crippen molar-refractivity contribution in [2.24, 2.45) is 0 Å². The zero-order valence-electron chi connectivity index (χ0n) is 18.6. The first kappa shape index (κ1) is 21.8. The Morgan fingerprint density at radius 1 is 0.966 bits per heavy atom. The number of hydrogen-bond acceptors (Lipinski definition) is 4. The molecule has 1 saturated heterocycles. The van der Waals surface area contributed by atoms with Gasteiger partial charge in [0.25, 0.3) is 0 Å². The molecule has 158 valence electrons. The highest BCUT2D eigenvalue weighted by Gasteiger charge is 2.32. The molecule has 3 rings (SSSR count). The van der Waals surface area contributed by atoms with E-state index in [2.05, 4.69) is 90.3 Å². The summed E-state index contributed by atoms with van der Waals surface area (Å²) in [5.41, 5.74) is 2.79. The van der Waals surface area contributed by atoms with Crippen molar-refractivity contribution in [1.29, 1.82) is 0 Å². The Bertz CT molecular complexity index is 715. The first-order valence-electron chi connectivity index (χ1n) is 11.2. The highest BCUT2D eigenvalue weighted by atomic mass is 16.5. The third-order valence-corrected chi connectivity index (χ3v) is 6.05. The van der Waals surface area contributed by atoms with Gasteiger partial charge in [-0.2, -0.15) is 0 Å². The largest absolute Gasteiger partial charge is 0.494 e. The minimum absolute atomic E-state index is 0.410. The van der Waals surface area contributed by atoms with E-state index in [0.29, 0.717) is 18.7 Å². The molecule has 2 aromatic carbocycles. The molecule has 2 atom stereocenters. The maximum atomic E-state index is 5.58. The van der Waals surface area contributed by atoms with Crippen LogP contribution in [0.25, 0.3) is 0 Å². The Balaban J connectivity index is 1.70. The van der Waals surface area contributed by atoms with Gasteiger partial charge < -0.3 is 4.74 Å². The number of benzene rings is 2. The minimum atomic E-state index is 0.410. The summed E-state index contributed by atoms with van der Waals surface area (Å²) in [6.45, 7) is 15.0. The molecule has 0 radical (unpaired) electrons. The van der Waals surface area contributed by atoms with E-state index in [-0.39, 0.29) is 0 Å². The van der Waals surface area contributed by atoms with Crippen LogP contribution in [0.3, 0.4) is 0 Å². The van der Waals surface area contributed by atoms with E-state index in [1.54, 1.807) is 0 Å². The van der Waals surface area contributed by atoms with Crippen molar-refractivity contribution in [3.05, 3.63) is 65.7 Å². The van der Waals surface area contributed by atoms with E-state index < -0.39 is 0 Å². The summed E-state index contributed by atoms with van der Waals surface area (Å²) >= 11 is 0. The lowest BCUT2D eigenvalue weighted by molar-refractivity contribution is -0.0981. The molecular weight excluding hydrogens is 358 g/mol. The van der Waals surface area contributed by atoms with Gasteiger partial charge in [-0.3, -0.25) is 4.90 Å². The molecule has 2 unspecified atom stereocenters. The standard InChI is InChI=1S/C25H37N3O/c1-5-27(6-2)28-18-17-26(20-25(28)23-11-9-8-10-12-23)21(4)19-22-13-15-24(16-14-22)29-7-3/h8-16,21,25H,5-7,17-20H2,1-4H3. The van der Waals surface area contributed by atoms with Gasteiger partial charge in [0.1, 0.15) is 5.75 Å². The molecule has 0 N–H and O–H groups in total. The van der Waals surface area contributed by atoms with Crippen LogP contribution in [0.1, 0.15) is 44.9 Å². The smallest absolute Gasteiger partial charge is 0.119 e. The molecule has 0 amide bonds. The van der Waals surface area contributed by atoms with Gasteiger partial charge in [0.2, 0.25) is 0 Å². The number of rotatable bonds is 9. The average molecular weight is 396 g/mol. The van der Waals surface area contributed by atoms with Gasteiger partial charge in [-0.15, -0.1) is 0 Å². The van der Waals surface area contributed by atoms with Gasteiger partial charge in [-0.1, -0.05) is 56.3 Å². The molecule has 1 heterocycles. The summed E-state index contributed by atoms with van der Waals surface area (Å²) in [6.07, 6.45) is 1.07. The normalized spacial score (nSPS) is 19.4. The zero-order valence-corrected chi connectivity index (χ0v) is 18.6. The summed E-state index contributed by atoms with van der Waals surface area (Å²) in [5, 5.41) is 5.08. The molecule has 0 bridgehead atoms. The second kappa shape index (κ2) is 10.8. The Morgan fingerprint density at radius 2 is 1.66 bits per heavy atom. The fourth-order valence-corrected chi connectivity index (χ4v) is 4.43. The molecule has 4 nitrogen and oxygen atoms in total. The van der Waals surface area contributed by atoms with Gasteiger partial charge in [0.15, 0.2) is 0 Å². The fraction of sp³-hybridized carbons (Fsp3) is 0.520. The quantitative estimate of drug-likeness (QED) is 0.616. The monoisotopic (exact) mass is 395 g/mol. The third-order valence-electron chi connectivity index (χ3n) is 6.05. The molecular formula is C25H37N3O. The Morgan fingerprint density at radius 3 is 2.28 bits per heavy atom. The van der Waals surface area contributed by atoms with Crippen LogP contribution in [0, 0.1) is 0 Å². The van der Waals surface area contributed by atoms with E-state index in [0.717, 1.165) is 44.9 Å². The number of piperazine rings is 1. The van der Waals surface area contributed by atoms with E-state index in [1.807, 2.05) is 6.92 Å². The summed E-state index contributed by atoms with van der Waals surface area (Å²) in [7, 11) is 0. The van der Waals surface area contributed by atoms with Crippen molar-refractivity contribution in [3.8, 4) is 5.75 Å². The Labute approximate surface area is 177 Å². The summed E-state index contributed by atoms with van der Waals surface area (Å²) in [6, 6.07) is 20.5. The lowest BCUT2D eigenvalue weighted by atomic mass is 10.00. The van der Waals surface area contributed by atoms with E-state index in [4.69, 9.17) is 4.74 Å². The van der Waals surface area contributed by atoms with Crippen molar-refractivity contribution in [2.75, 3.05) is 39.3 Å². The highest BCUT2D eigenvalue weighted by Crippen LogP contribution is 2.28. The van der Waals surface area contributed by atoms with Crippen molar-refractivity contribution < 1.29 is 4.74 Å². The topological polar surface area (TPSA) is 19.0 Å². The number of hydrazine groups is 1. The number of hydrogen-bond donors (Lipinski definition) is 0. The second-order valence-electron chi connectivity index (χ2n) is 7.85. The molecule has 4 heteroatoms. The minimum Gasteiger partial charge on any atom is -0.494 e. The molecule has 1 aliphatic heterocycles. The van der Waals surface area contributed by atoms with Gasteiger partial charge in [-0.25, -0.2) is 10.0 Å². The zero-order chi connectivity index (χ0) is 20.6. The molecule has 1 aliphatic rings. The second-order valence-corrected chi connectivity index (χ2v) is 7.85. The molecule has 29 heavy (non-hydrogen) atoms. The predicted octanol–water partition coefficient (Wildman–Crippen LogP) is 4.63. The fourth-order valence-electron chi connectivity index (χ4n) is 4.43. The van der Waals surface area contributed by atoms with Crippen molar-refractivity contribution in [3.63, 3.8) is 0 Å². The first-order chi connectivity index (χ1) is 14.2. The van der Waals surface area contributed by atoms with Crippen LogP contribution in [-0.4, -0.2) is 60.3 Å². The molecule has 2 aromatic rings. The maximum absolute atomic E-state index is 5.58. The van der Waals surface area contributed by atoms with Crippen LogP contribution < -0.4 is 4.74 Å². The van der Waals surface area contributed by atoms with Gasteiger partial charge >= 0.3 is 0 Å². The molecule has 1 fully saturated rings. The van der Waals surface area contributed by atoms with Crippen LogP contribution in [-0.2, 0) is 6.42 Å². The number of nitrogens with zero attached hydrogens (tertiary/aromatic N) is 3. The summed E-state index contributed by atoms with van der Waals surface area (Å²) in [5.74, 6) is 0.959. The Kier molecular flexibility index (Phi) is 8.10. The van der Waals surface area contributed by atoms with Crippen molar-refractivity contribution in [2.45, 2.75) is 46.2 Å². The molecule has 0 spiro atoms. The van der Waals surface area contributed by atoms with Gasteiger partial charge in [0, 0.05) is 38.8 Å². The summed E-state index contributed by atoms with van der Waals surface area (Å²) < 4.78 is 5.58. The van der Waals surface area contributed by atoms with Crippen molar-refractivity contribution >= 4 is 0 Å². The van der Waals surface area contributed by atoms with Crippen LogP contribution in [0.15, 0.2) is 54.6 Å². The number of ether oxygens (including phenoxy) is 1. The summed E-state index contributed by atoms with van der Waals surface area (Å²) in [4.78, 5) is 2.66. The average Bonchev–Trinajstić information content (AvgIpc) is 2.77. The van der Waals surface area contributed by atoms with Crippen LogP contribution in [0.5, 0.6) is 5.75 Å². The molecule has 0 aliphatic carbocycles. The highest BCUT2D eigenvalue weighted by molar-refractivity contribution is 5.28. The third kappa shape index (κ3) is 5.59. The van der Waals surface area contributed by atoms with Crippen LogP contribution >= 0.6 is 0 Å². The van der Waals surface area contributed by atoms with E-state index >= 15 is 0 Å². The van der Waals surface area contributed by atoms with Gasteiger partial charge in [0.05, 0.1) is 12.6 Å². The van der Waals surface area contributed by atoms with Crippen LogP contribution in [0.4, 0.5) is 0 Å². The Hall–Kier alpha value is -1.88.